The minimum Gasteiger partial charge on any atom is -0.359 e. The maximum Gasteiger partial charge on any atom is 0.246 e. The summed E-state index contributed by atoms with van der Waals surface area (Å²) in [6.45, 7) is 1.98. The van der Waals surface area contributed by atoms with Crippen LogP contribution in [-0.2, 0) is 16.0 Å². The molecule has 0 bridgehead atoms. The number of aromatic amines is 1. The predicted octanol–water partition coefficient (Wildman–Crippen LogP) is 3.08. The number of H-pyrrole nitrogens is 1. The van der Waals surface area contributed by atoms with E-state index in [0.717, 1.165) is 27.7 Å². The summed E-state index contributed by atoms with van der Waals surface area (Å²) < 4.78 is 0. The fourth-order valence-corrected chi connectivity index (χ4v) is 3.34. The average molecular weight is 375 g/mol. The second-order valence-corrected chi connectivity index (χ2v) is 6.93. The Hall–Kier alpha value is -3.48. The van der Waals surface area contributed by atoms with Crippen molar-refractivity contribution in [2.45, 2.75) is 25.8 Å². The lowest BCUT2D eigenvalue weighted by molar-refractivity contribution is -0.126. The Balaban J connectivity index is 1.49. The minimum absolute atomic E-state index is 0.0131. The molecule has 0 radical (unpaired) electrons. The maximum atomic E-state index is 12.7. The van der Waals surface area contributed by atoms with Gasteiger partial charge < -0.3 is 15.2 Å². The lowest BCUT2D eigenvalue weighted by Gasteiger charge is -2.23. The van der Waals surface area contributed by atoms with Gasteiger partial charge in [0.2, 0.25) is 11.8 Å². The van der Waals surface area contributed by atoms with Crippen LogP contribution in [-0.4, -0.2) is 38.7 Å². The molecular weight excluding hydrogens is 354 g/mol. The molecule has 4 rings (SSSR count). The summed E-state index contributed by atoms with van der Waals surface area (Å²) in [7, 11) is 1.78. The fourth-order valence-electron chi connectivity index (χ4n) is 3.34. The highest BCUT2D eigenvalue weighted by atomic mass is 16.2. The molecule has 7 nitrogen and oxygen atoms in total. The number of amides is 2. The highest BCUT2D eigenvalue weighted by Crippen LogP contribution is 2.26. The Morgan fingerprint density at radius 2 is 2.18 bits per heavy atom. The third kappa shape index (κ3) is 3.38. The molecule has 1 unspecified atom stereocenters. The molecule has 0 saturated heterocycles. The van der Waals surface area contributed by atoms with Crippen LogP contribution in [0.15, 0.2) is 42.9 Å². The first kappa shape index (κ1) is 17.9. The number of nitrogens with zero attached hydrogens (tertiary/aromatic N) is 3. The molecular formula is C21H21N5O2. The molecule has 1 aliphatic rings. The van der Waals surface area contributed by atoms with Crippen LogP contribution in [0.5, 0.6) is 0 Å². The predicted molar refractivity (Wildman–Crippen MR) is 108 cm³/mol. The summed E-state index contributed by atoms with van der Waals surface area (Å²) >= 11 is 0. The lowest BCUT2D eigenvalue weighted by Crippen LogP contribution is -2.27. The molecule has 0 aliphatic carbocycles. The first-order valence-corrected chi connectivity index (χ1v) is 9.18. The van der Waals surface area contributed by atoms with Gasteiger partial charge in [0.25, 0.3) is 0 Å². The lowest BCUT2D eigenvalue weighted by atomic mass is 10.0. The quantitative estimate of drug-likeness (QED) is 0.686. The molecule has 142 valence electrons. The van der Waals surface area contributed by atoms with Gasteiger partial charge in [-0.2, -0.15) is 0 Å². The number of aromatic nitrogens is 3. The van der Waals surface area contributed by atoms with Gasteiger partial charge >= 0.3 is 0 Å². The van der Waals surface area contributed by atoms with Gasteiger partial charge in [0.1, 0.15) is 5.82 Å². The van der Waals surface area contributed by atoms with E-state index in [2.05, 4.69) is 20.3 Å². The van der Waals surface area contributed by atoms with Gasteiger partial charge in [-0.1, -0.05) is 0 Å². The van der Waals surface area contributed by atoms with Crippen molar-refractivity contribution in [1.82, 2.24) is 19.9 Å². The average Bonchev–Trinajstić information content (AvgIpc) is 3.15. The molecule has 3 aromatic heterocycles. The molecule has 2 amide bonds. The van der Waals surface area contributed by atoms with Crippen LogP contribution >= 0.6 is 0 Å². The minimum atomic E-state index is -0.127. The molecule has 28 heavy (non-hydrogen) atoms. The largest absolute Gasteiger partial charge is 0.359 e. The maximum absolute atomic E-state index is 12.7. The molecule has 0 saturated carbocycles. The highest BCUT2D eigenvalue weighted by Gasteiger charge is 2.19. The van der Waals surface area contributed by atoms with Crippen molar-refractivity contribution >= 4 is 34.7 Å². The van der Waals surface area contributed by atoms with E-state index in [1.54, 1.807) is 36.5 Å². The number of aryl methyl sites for hydroxylation is 1. The normalized spacial score (nSPS) is 14.7. The molecule has 1 aliphatic heterocycles. The number of pyridine rings is 2. The van der Waals surface area contributed by atoms with E-state index in [4.69, 9.17) is 0 Å². The first-order chi connectivity index (χ1) is 13.5. The van der Waals surface area contributed by atoms with E-state index < -0.39 is 0 Å². The number of hydrogen-bond donors (Lipinski definition) is 2. The number of fused-ring (bicyclic) bond motifs is 2. The summed E-state index contributed by atoms with van der Waals surface area (Å²) in [5.74, 6) is 0.488. The molecule has 0 fully saturated rings. The van der Waals surface area contributed by atoms with Gasteiger partial charge in [-0.05, 0) is 48.7 Å². The Bertz CT molecular complexity index is 1090. The molecule has 7 heteroatoms. The number of rotatable bonds is 4. The van der Waals surface area contributed by atoms with Crippen molar-refractivity contribution < 1.29 is 9.59 Å². The van der Waals surface area contributed by atoms with Crippen LogP contribution < -0.4 is 5.32 Å². The summed E-state index contributed by atoms with van der Waals surface area (Å²) in [6.07, 6.45) is 9.72. The topological polar surface area (TPSA) is 91.0 Å². The second-order valence-electron chi connectivity index (χ2n) is 6.93. The number of nitrogens with one attached hydrogen (secondary N) is 2. The third-order valence-corrected chi connectivity index (χ3v) is 5.13. The zero-order valence-corrected chi connectivity index (χ0v) is 15.8. The van der Waals surface area contributed by atoms with Gasteiger partial charge in [-0.15, -0.1) is 0 Å². The van der Waals surface area contributed by atoms with E-state index >= 15 is 0 Å². The van der Waals surface area contributed by atoms with Crippen LogP contribution in [0.3, 0.4) is 0 Å². The van der Waals surface area contributed by atoms with Crippen LogP contribution in [0, 0.1) is 0 Å². The van der Waals surface area contributed by atoms with Gasteiger partial charge in [-0.3, -0.25) is 14.6 Å². The first-order valence-electron chi connectivity index (χ1n) is 9.18. The number of carbonyl (C=O) groups is 2. The smallest absolute Gasteiger partial charge is 0.246 e. The Morgan fingerprint density at radius 1 is 1.32 bits per heavy atom. The van der Waals surface area contributed by atoms with Crippen molar-refractivity contribution in [1.29, 1.82) is 0 Å². The van der Waals surface area contributed by atoms with E-state index in [1.807, 2.05) is 31.3 Å². The van der Waals surface area contributed by atoms with Gasteiger partial charge in [0.05, 0.1) is 17.1 Å². The van der Waals surface area contributed by atoms with Crippen molar-refractivity contribution in [2.24, 2.45) is 0 Å². The SMILES string of the molecule is CC(c1c[nH]c2cccnc12)N(C)C(=O)C=Cc1cnc2c(c1)CCC(=O)N2. The van der Waals surface area contributed by atoms with Crippen LogP contribution in [0.25, 0.3) is 17.1 Å². The van der Waals surface area contributed by atoms with Crippen LogP contribution in [0.1, 0.15) is 36.1 Å². The fraction of sp³-hybridized carbons (Fsp3) is 0.238. The Labute approximate surface area is 162 Å². The summed E-state index contributed by atoms with van der Waals surface area (Å²) in [5.41, 5.74) is 4.62. The number of hydrogen-bond acceptors (Lipinski definition) is 4. The molecule has 4 heterocycles. The van der Waals surface area contributed by atoms with Gasteiger partial charge in [0.15, 0.2) is 0 Å². The summed E-state index contributed by atoms with van der Waals surface area (Å²) in [5, 5.41) is 2.76. The highest BCUT2D eigenvalue weighted by molar-refractivity contribution is 5.94. The zero-order chi connectivity index (χ0) is 19.7. The zero-order valence-electron chi connectivity index (χ0n) is 15.8. The van der Waals surface area contributed by atoms with Crippen molar-refractivity contribution in [2.75, 3.05) is 12.4 Å². The molecule has 1 atom stereocenters. The van der Waals surface area contributed by atoms with Crippen molar-refractivity contribution in [3.63, 3.8) is 0 Å². The summed E-state index contributed by atoms with van der Waals surface area (Å²) in [6, 6.07) is 5.67. The standard InChI is InChI=1S/C21H21N5O2/c1-13(16-12-23-17-4-3-9-22-20(16)17)26(2)19(28)8-5-14-10-15-6-7-18(27)25-21(15)24-11-14/h3-5,8-13,23H,6-7H2,1-2H3,(H,24,25,27). The Kier molecular flexibility index (Phi) is 4.65. The van der Waals surface area contributed by atoms with E-state index in [9.17, 15) is 9.59 Å². The number of anilines is 1. The third-order valence-electron chi connectivity index (χ3n) is 5.13. The van der Waals surface area contributed by atoms with Crippen LogP contribution in [0.4, 0.5) is 5.82 Å². The van der Waals surface area contributed by atoms with Crippen molar-refractivity contribution in [3.05, 3.63) is 59.6 Å². The monoisotopic (exact) mass is 375 g/mol. The van der Waals surface area contributed by atoms with Crippen LogP contribution in [0.2, 0.25) is 0 Å². The van der Waals surface area contributed by atoms with Crippen molar-refractivity contribution in [3.8, 4) is 0 Å². The second kappa shape index (κ2) is 7.26. The summed E-state index contributed by atoms with van der Waals surface area (Å²) in [4.78, 5) is 37.7. The molecule has 2 N–H and O–H groups in total. The molecule has 3 aromatic rings. The van der Waals surface area contributed by atoms with E-state index in [-0.39, 0.29) is 17.9 Å². The number of carbonyl (C=O) groups excluding carboxylic acids is 2. The molecule has 0 aromatic carbocycles. The van der Waals surface area contributed by atoms with Gasteiger partial charge in [-0.25, -0.2) is 4.98 Å². The Morgan fingerprint density at radius 3 is 3.04 bits per heavy atom. The van der Waals surface area contributed by atoms with Gasteiger partial charge in [0, 0.05) is 43.7 Å². The van der Waals surface area contributed by atoms with E-state index in [1.165, 1.54) is 0 Å². The molecule has 0 spiro atoms. The van der Waals surface area contributed by atoms with E-state index in [0.29, 0.717) is 18.7 Å². The number of likely N-dealkylation sites (N-methyl/N-ethyl adjacent to an activating group) is 1.